The summed E-state index contributed by atoms with van der Waals surface area (Å²) >= 11 is 7.39. The number of nitrogens with one attached hydrogen (secondary N) is 1. The van der Waals surface area contributed by atoms with Crippen molar-refractivity contribution >= 4 is 51.5 Å². The summed E-state index contributed by atoms with van der Waals surface area (Å²) in [6, 6.07) is 0. The fourth-order valence-corrected chi connectivity index (χ4v) is 3.33. The largest absolute Gasteiger partial charge is 0.288 e. The highest BCUT2D eigenvalue weighted by molar-refractivity contribution is 8.14. The van der Waals surface area contributed by atoms with Crippen LogP contribution >= 0.6 is 35.3 Å². The standard InChI is InChI=1S/C8H9N3O2S3/c1-4(12)15-5-2-6(13)11(3-5)7-9-10-8(14)16-7/h5H,2-3H2,1H3,(H,10,14). The molecular formula is C8H9N3O2S3. The van der Waals surface area contributed by atoms with Gasteiger partial charge in [-0.1, -0.05) is 23.1 Å². The van der Waals surface area contributed by atoms with Gasteiger partial charge in [0, 0.05) is 25.1 Å². The van der Waals surface area contributed by atoms with Crippen molar-refractivity contribution in [3.05, 3.63) is 3.95 Å². The molecule has 1 aliphatic heterocycles. The molecule has 1 aromatic heterocycles. The van der Waals surface area contributed by atoms with Crippen molar-refractivity contribution in [2.45, 2.75) is 18.6 Å². The van der Waals surface area contributed by atoms with Crippen molar-refractivity contribution < 1.29 is 9.59 Å². The van der Waals surface area contributed by atoms with E-state index < -0.39 is 0 Å². The van der Waals surface area contributed by atoms with Gasteiger partial charge in [-0.05, 0) is 12.2 Å². The lowest BCUT2D eigenvalue weighted by atomic mass is 10.4. The molecular weight excluding hydrogens is 266 g/mol. The summed E-state index contributed by atoms with van der Waals surface area (Å²) < 4.78 is 0.547. The Balaban J connectivity index is 2.11. The number of aromatic nitrogens is 2. The van der Waals surface area contributed by atoms with E-state index in [1.165, 1.54) is 30.0 Å². The predicted octanol–water partition coefficient (Wildman–Crippen LogP) is 1.59. The zero-order valence-electron chi connectivity index (χ0n) is 8.43. The van der Waals surface area contributed by atoms with E-state index in [9.17, 15) is 9.59 Å². The second-order valence-corrected chi connectivity index (χ2v) is 6.46. The number of anilines is 1. The van der Waals surface area contributed by atoms with Gasteiger partial charge in [-0.2, -0.15) is 0 Å². The SMILES string of the molecule is CC(=O)SC1CC(=O)N(c2n[nH]c(=S)s2)C1. The van der Waals surface area contributed by atoms with Crippen LogP contribution in [0, 0.1) is 3.95 Å². The number of amides is 1. The molecule has 0 spiro atoms. The van der Waals surface area contributed by atoms with Crippen LogP contribution in [-0.2, 0) is 9.59 Å². The highest BCUT2D eigenvalue weighted by Gasteiger charge is 2.33. The van der Waals surface area contributed by atoms with E-state index in [4.69, 9.17) is 12.2 Å². The number of H-pyrrole nitrogens is 1. The predicted molar refractivity (Wildman–Crippen MR) is 66.3 cm³/mol. The van der Waals surface area contributed by atoms with E-state index in [2.05, 4.69) is 10.2 Å². The monoisotopic (exact) mass is 275 g/mol. The van der Waals surface area contributed by atoms with Crippen LogP contribution in [0.2, 0.25) is 0 Å². The van der Waals surface area contributed by atoms with Gasteiger partial charge in [-0.25, -0.2) is 0 Å². The van der Waals surface area contributed by atoms with Crippen LogP contribution in [-0.4, -0.2) is 33.0 Å². The van der Waals surface area contributed by atoms with E-state index >= 15 is 0 Å². The van der Waals surface area contributed by atoms with Crippen molar-refractivity contribution in [3.63, 3.8) is 0 Å². The maximum atomic E-state index is 11.7. The van der Waals surface area contributed by atoms with E-state index in [1.807, 2.05) is 0 Å². The Labute approximate surface area is 105 Å². The maximum Gasteiger partial charge on any atom is 0.230 e. The van der Waals surface area contributed by atoms with Crippen molar-refractivity contribution in [3.8, 4) is 0 Å². The van der Waals surface area contributed by atoms with E-state index in [-0.39, 0.29) is 16.3 Å². The Kier molecular flexibility index (Phi) is 3.41. The first-order valence-electron chi connectivity index (χ1n) is 4.59. The summed E-state index contributed by atoms with van der Waals surface area (Å²) in [6.45, 7) is 2.04. The molecule has 1 aromatic rings. The zero-order chi connectivity index (χ0) is 11.7. The molecule has 1 aliphatic rings. The molecule has 1 unspecified atom stereocenters. The Morgan fingerprint density at radius 1 is 1.75 bits per heavy atom. The van der Waals surface area contributed by atoms with Gasteiger partial charge >= 0.3 is 0 Å². The van der Waals surface area contributed by atoms with E-state index in [1.54, 1.807) is 4.90 Å². The number of aromatic amines is 1. The number of thioether (sulfide) groups is 1. The van der Waals surface area contributed by atoms with Crippen molar-refractivity contribution in [1.82, 2.24) is 10.2 Å². The molecule has 1 atom stereocenters. The van der Waals surface area contributed by atoms with Crippen molar-refractivity contribution in [2.24, 2.45) is 0 Å². The molecule has 1 saturated heterocycles. The molecule has 1 fully saturated rings. The second kappa shape index (κ2) is 4.64. The Morgan fingerprint density at radius 3 is 3.06 bits per heavy atom. The summed E-state index contributed by atoms with van der Waals surface area (Å²) in [4.78, 5) is 24.2. The third-order valence-electron chi connectivity index (χ3n) is 2.08. The van der Waals surface area contributed by atoms with E-state index in [0.29, 0.717) is 22.1 Å². The van der Waals surface area contributed by atoms with Gasteiger partial charge in [-0.15, -0.1) is 5.10 Å². The number of rotatable bonds is 2. The summed E-state index contributed by atoms with van der Waals surface area (Å²) in [7, 11) is 0. The third-order valence-corrected chi connectivity index (χ3v) is 4.17. The van der Waals surface area contributed by atoms with Crippen LogP contribution in [0.15, 0.2) is 0 Å². The lowest BCUT2D eigenvalue weighted by Gasteiger charge is -2.10. The molecule has 8 heteroatoms. The maximum absolute atomic E-state index is 11.7. The minimum absolute atomic E-state index is 0.00324. The molecule has 86 valence electrons. The molecule has 1 amide bonds. The lowest BCUT2D eigenvalue weighted by Crippen LogP contribution is -2.24. The van der Waals surface area contributed by atoms with Crippen molar-refractivity contribution in [1.29, 1.82) is 0 Å². The molecule has 0 bridgehead atoms. The van der Waals surface area contributed by atoms with Gasteiger partial charge in [0.2, 0.25) is 11.0 Å². The number of carbonyl (C=O) groups is 2. The first kappa shape index (κ1) is 11.7. The van der Waals surface area contributed by atoms with Crippen LogP contribution < -0.4 is 4.90 Å². The Hall–Kier alpha value is -0.730. The number of carbonyl (C=O) groups excluding carboxylic acids is 2. The van der Waals surface area contributed by atoms with Crippen LogP contribution in [0.25, 0.3) is 0 Å². The fourth-order valence-electron chi connectivity index (χ4n) is 1.51. The molecule has 2 heterocycles. The minimum Gasteiger partial charge on any atom is -0.288 e. The van der Waals surface area contributed by atoms with Gasteiger partial charge < -0.3 is 0 Å². The smallest absolute Gasteiger partial charge is 0.230 e. The number of hydrogen-bond donors (Lipinski definition) is 1. The molecule has 0 saturated carbocycles. The van der Waals surface area contributed by atoms with Crippen LogP contribution in [0.5, 0.6) is 0 Å². The molecule has 0 aromatic carbocycles. The minimum atomic E-state index is -0.00324. The molecule has 16 heavy (non-hydrogen) atoms. The van der Waals surface area contributed by atoms with Gasteiger partial charge in [0.1, 0.15) is 0 Å². The van der Waals surface area contributed by atoms with Crippen LogP contribution in [0.3, 0.4) is 0 Å². The summed E-state index contributed by atoms with van der Waals surface area (Å²) in [6.07, 6.45) is 0.386. The average molecular weight is 275 g/mol. The zero-order valence-corrected chi connectivity index (χ0v) is 10.9. The summed E-state index contributed by atoms with van der Waals surface area (Å²) in [5.41, 5.74) is 0. The molecule has 1 N–H and O–H groups in total. The van der Waals surface area contributed by atoms with Gasteiger partial charge in [0.25, 0.3) is 0 Å². The molecule has 2 rings (SSSR count). The van der Waals surface area contributed by atoms with Gasteiger partial charge in [-0.3, -0.25) is 19.6 Å². The second-order valence-electron chi connectivity index (χ2n) is 3.34. The number of hydrogen-bond acceptors (Lipinski definition) is 6. The van der Waals surface area contributed by atoms with Gasteiger partial charge in [0.05, 0.1) is 0 Å². The normalized spacial score (nSPS) is 20.4. The first-order chi connectivity index (χ1) is 7.56. The molecule has 0 aliphatic carbocycles. The van der Waals surface area contributed by atoms with E-state index in [0.717, 1.165) is 0 Å². The average Bonchev–Trinajstić information content (AvgIpc) is 2.72. The molecule has 0 radical (unpaired) electrons. The first-order valence-corrected chi connectivity index (χ1v) is 6.70. The Bertz CT molecular complexity index is 481. The topological polar surface area (TPSA) is 66.1 Å². The van der Waals surface area contributed by atoms with Crippen molar-refractivity contribution in [2.75, 3.05) is 11.4 Å². The molecule has 5 nitrogen and oxygen atoms in total. The highest BCUT2D eigenvalue weighted by Crippen LogP contribution is 2.29. The van der Waals surface area contributed by atoms with Gasteiger partial charge in [0.15, 0.2) is 9.07 Å². The summed E-state index contributed by atoms with van der Waals surface area (Å²) in [5.74, 6) is -0.00324. The fraction of sp³-hybridized carbons (Fsp3) is 0.500. The van der Waals surface area contributed by atoms with Crippen LogP contribution in [0.1, 0.15) is 13.3 Å². The number of nitrogens with zero attached hydrogens (tertiary/aromatic N) is 2. The highest BCUT2D eigenvalue weighted by atomic mass is 32.2. The summed E-state index contributed by atoms with van der Waals surface area (Å²) in [5, 5.41) is 7.25. The lowest BCUT2D eigenvalue weighted by molar-refractivity contribution is -0.117. The Morgan fingerprint density at radius 2 is 2.50 bits per heavy atom. The quantitative estimate of drug-likeness (QED) is 0.830. The van der Waals surface area contributed by atoms with Crippen LogP contribution in [0.4, 0.5) is 5.13 Å². The third kappa shape index (κ3) is 2.50.